The number of benzene rings is 2. The van der Waals surface area contributed by atoms with E-state index >= 15 is 0 Å². The van der Waals surface area contributed by atoms with Gasteiger partial charge in [-0.15, -0.1) is 0 Å². The van der Waals surface area contributed by atoms with Gasteiger partial charge < -0.3 is 10.1 Å². The molecule has 1 heterocycles. The van der Waals surface area contributed by atoms with Gasteiger partial charge in [0.15, 0.2) is 0 Å². The van der Waals surface area contributed by atoms with Crippen LogP contribution in [0.3, 0.4) is 0 Å². The number of hydrogen-bond acceptors (Lipinski definition) is 4. The maximum absolute atomic E-state index is 13.1. The molecule has 0 spiro atoms. The average Bonchev–Trinajstić information content (AvgIpc) is 2.72. The summed E-state index contributed by atoms with van der Waals surface area (Å²) in [4.78, 5) is 12.2. The van der Waals surface area contributed by atoms with Gasteiger partial charge in [0.2, 0.25) is 15.9 Å². The Bertz CT molecular complexity index is 910. The summed E-state index contributed by atoms with van der Waals surface area (Å²) in [6.45, 7) is 1.81. The zero-order valence-corrected chi connectivity index (χ0v) is 16.3. The van der Waals surface area contributed by atoms with Crippen LogP contribution in [0.4, 0.5) is 4.39 Å². The number of ether oxygens (including phenoxy) is 1. The third-order valence-electron chi connectivity index (χ3n) is 4.55. The van der Waals surface area contributed by atoms with E-state index in [2.05, 4.69) is 5.32 Å². The second-order valence-electron chi connectivity index (χ2n) is 6.57. The van der Waals surface area contributed by atoms with Crippen LogP contribution in [0.1, 0.15) is 17.5 Å². The van der Waals surface area contributed by atoms with E-state index in [1.807, 2.05) is 0 Å². The second-order valence-corrected chi connectivity index (χ2v) is 8.50. The number of morpholine rings is 1. The third kappa shape index (κ3) is 5.37. The lowest BCUT2D eigenvalue weighted by Gasteiger charge is -2.26. The average molecular weight is 406 g/mol. The Balaban J connectivity index is 1.50. The van der Waals surface area contributed by atoms with E-state index < -0.39 is 10.0 Å². The zero-order chi connectivity index (χ0) is 20.0. The van der Waals surface area contributed by atoms with Gasteiger partial charge in [0.25, 0.3) is 0 Å². The van der Waals surface area contributed by atoms with Crippen molar-refractivity contribution in [1.29, 1.82) is 0 Å². The molecule has 2 aromatic rings. The summed E-state index contributed by atoms with van der Waals surface area (Å²) in [6, 6.07) is 12.7. The molecule has 0 atom stereocenters. The molecule has 6 nitrogen and oxygen atoms in total. The van der Waals surface area contributed by atoms with E-state index in [1.165, 1.54) is 16.4 Å². The van der Waals surface area contributed by atoms with Crippen LogP contribution in [-0.4, -0.2) is 44.9 Å². The number of carbonyl (C=O) groups excluding carboxylic acids is 1. The van der Waals surface area contributed by atoms with Crippen molar-refractivity contribution < 1.29 is 22.3 Å². The highest BCUT2D eigenvalue weighted by atomic mass is 32.2. The Morgan fingerprint density at radius 3 is 2.46 bits per heavy atom. The first-order chi connectivity index (χ1) is 13.4. The monoisotopic (exact) mass is 406 g/mol. The molecule has 0 aliphatic carbocycles. The minimum atomic E-state index is -3.52. The van der Waals surface area contributed by atoms with Crippen molar-refractivity contribution in [1.82, 2.24) is 9.62 Å². The Hall–Kier alpha value is -2.29. The number of nitrogens with one attached hydrogen (secondary N) is 1. The van der Waals surface area contributed by atoms with E-state index in [-0.39, 0.29) is 23.0 Å². The largest absolute Gasteiger partial charge is 0.379 e. The number of carbonyl (C=O) groups is 1. The molecule has 2 aromatic carbocycles. The Morgan fingerprint density at radius 1 is 1.07 bits per heavy atom. The predicted octanol–water partition coefficient (Wildman–Crippen LogP) is 2.10. The normalized spacial score (nSPS) is 15.3. The number of aryl methyl sites for hydroxylation is 1. The van der Waals surface area contributed by atoms with Crippen molar-refractivity contribution in [3.05, 3.63) is 65.5 Å². The maximum atomic E-state index is 13.1. The molecule has 8 heteroatoms. The topological polar surface area (TPSA) is 75.7 Å². The molecule has 0 unspecified atom stereocenters. The van der Waals surface area contributed by atoms with E-state index in [0.717, 1.165) is 11.1 Å². The van der Waals surface area contributed by atoms with Crippen molar-refractivity contribution >= 4 is 15.9 Å². The van der Waals surface area contributed by atoms with E-state index in [4.69, 9.17) is 4.74 Å². The molecular formula is C20H23FN2O4S. The molecule has 0 radical (unpaired) electrons. The van der Waals surface area contributed by atoms with Crippen LogP contribution in [0.2, 0.25) is 0 Å². The number of sulfonamides is 1. The highest BCUT2D eigenvalue weighted by Gasteiger charge is 2.26. The van der Waals surface area contributed by atoms with Gasteiger partial charge in [0, 0.05) is 26.1 Å². The number of hydrogen-bond donors (Lipinski definition) is 1. The van der Waals surface area contributed by atoms with E-state index in [9.17, 15) is 17.6 Å². The minimum absolute atomic E-state index is 0.144. The summed E-state index contributed by atoms with van der Waals surface area (Å²) in [5, 5.41) is 2.80. The predicted molar refractivity (Wildman–Crippen MR) is 103 cm³/mol. The van der Waals surface area contributed by atoms with Gasteiger partial charge in [-0.2, -0.15) is 4.31 Å². The van der Waals surface area contributed by atoms with E-state index in [0.29, 0.717) is 39.3 Å². The quantitative estimate of drug-likeness (QED) is 0.764. The van der Waals surface area contributed by atoms with Crippen LogP contribution in [0, 0.1) is 5.82 Å². The highest BCUT2D eigenvalue weighted by Crippen LogP contribution is 2.17. The molecule has 1 N–H and O–H groups in total. The van der Waals surface area contributed by atoms with Crippen LogP contribution < -0.4 is 5.32 Å². The van der Waals surface area contributed by atoms with Gasteiger partial charge >= 0.3 is 0 Å². The van der Waals surface area contributed by atoms with Crippen molar-refractivity contribution in [2.75, 3.05) is 26.3 Å². The maximum Gasteiger partial charge on any atom is 0.243 e. The number of nitrogens with zero attached hydrogens (tertiary/aromatic N) is 1. The van der Waals surface area contributed by atoms with Gasteiger partial charge in [-0.1, -0.05) is 24.3 Å². The zero-order valence-electron chi connectivity index (χ0n) is 15.4. The SMILES string of the molecule is O=C(CCc1cccc(F)c1)NCc1ccc(S(=O)(=O)N2CCOCC2)cc1. The number of halogens is 1. The summed E-state index contributed by atoms with van der Waals surface area (Å²) in [5.74, 6) is -0.459. The first-order valence-corrected chi connectivity index (χ1v) is 10.6. The number of amides is 1. The molecule has 1 aliphatic rings. The molecular weight excluding hydrogens is 383 g/mol. The lowest BCUT2D eigenvalue weighted by molar-refractivity contribution is -0.121. The molecule has 3 rings (SSSR count). The second kappa shape index (κ2) is 9.27. The van der Waals surface area contributed by atoms with Gasteiger partial charge in [-0.25, -0.2) is 12.8 Å². The summed E-state index contributed by atoms with van der Waals surface area (Å²) in [6.07, 6.45) is 0.716. The van der Waals surface area contributed by atoms with Crippen molar-refractivity contribution in [3.8, 4) is 0 Å². The highest BCUT2D eigenvalue weighted by molar-refractivity contribution is 7.89. The standard InChI is InChI=1S/C20H23FN2O4S/c21-18-3-1-2-16(14-18)6-9-20(24)22-15-17-4-7-19(8-5-17)28(25,26)23-10-12-27-13-11-23/h1-5,7-8,14H,6,9-13,15H2,(H,22,24). The number of rotatable bonds is 7. The van der Waals surface area contributed by atoms with Gasteiger partial charge in [0.1, 0.15) is 5.82 Å². The molecule has 1 fully saturated rings. The fourth-order valence-electron chi connectivity index (χ4n) is 2.95. The first kappa shape index (κ1) is 20.4. The van der Waals surface area contributed by atoms with Crippen molar-refractivity contribution in [3.63, 3.8) is 0 Å². The summed E-state index contributed by atoms with van der Waals surface area (Å²) >= 11 is 0. The minimum Gasteiger partial charge on any atom is -0.379 e. The molecule has 0 bridgehead atoms. The molecule has 28 heavy (non-hydrogen) atoms. The summed E-state index contributed by atoms with van der Waals surface area (Å²) in [5.41, 5.74) is 1.58. The van der Waals surface area contributed by atoms with Crippen LogP contribution in [0.25, 0.3) is 0 Å². The molecule has 1 amide bonds. The van der Waals surface area contributed by atoms with Crippen molar-refractivity contribution in [2.24, 2.45) is 0 Å². The van der Waals surface area contributed by atoms with Gasteiger partial charge in [0.05, 0.1) is 18.1 Å². The Kier molecular flexibility index (Phi) is 6.77. The molecule has 1 aliphatic heterocycles. The molecule has 0 aromatic heterocycles. The van der Waals surface area contributed by atoms with Crippen molar-refractivity contribution in [2.45, 2.75) is 24.3 Å². The smallest absolute Gasteiger partial charge is 0.243 e. The summed E-state index contributed by atoms with van der Waals surface area (Å²) in [7, 11) is -3.52. The first-order valence-electron chi connectivity index (χ1n) is 9.13. The van der Waals surface area contributed by atoms with Gasteiger partial charge in [-0.3, -0.25) is 4.79 Å². The summed E-state index contributed by atoms with van der Waals surface area (Å²) < 4.78 is 44.9. The lowest BCUT2D eigenvalue weighted by atomic mass is 10.1. The third-order valence-corrected chi connectivity index (χ3v) is 6.46. The molecule has 1 saturated heterocycles. The van der Waals surface area contributed by atoms with Crippen LogP contribution in [-0.2, 0) is 32.5 Å². The van der Waals surface area contributed by atoms with Crippen LogP contribution in [0.5, 0.6) is 0 Å². The van der Waals surface area contributed by atoms with Crippen LogP contribution in [0.15, 0.2) is 53.4 Å². The van der Waals surface area contributed by atoms with Crippen LogP contribution >= 0.6 is 0 Å². The molecule has 0 saturated carbocycles. The van der Waals surface area contributed by atoms with Gasteiger partial charge in [-0.05, 0) is 41.8 Å². The lowest BCUT2D eigenvalue weighted by Crippen LogP contribution is -2.40. The molecule has 150 valence electrons. The Labute approximate surface area is 164 Å². The fraction of sp³-hybridized carbons (Fsp3) is 0.350. The Morgan fingerprint density at radius 2 is 1.79 bits per heavy atom. The fourth-order valence-corrected chi connectivity index (χ4v) is 4.36. The van der Waals surface area contributed by atoms with E-state index in [1.54, 1.807) is 36.4 Å².